The summed E-state index contributed by atoms with van der Waals surface area (Å²) in [5.74, 6) is 1.58. The summed E-state index contributed by atoms with van der Waals surface area (Å²) in [7, 11) is 0.478. The van der Waals surface area contributed by atoms with Gasteiger partial charge < -0.3 is 19.5 Å². The number of rotatable bonds is 5. The molecule has 0 spiro atoms. The molecule has 5 rings (SSSR count). The minimum absolute atomic E-state index is 0.183. The van der Waals surface area contributed by atoms with Crippen molar-refractivity contribution in [3.8, 4) is 16.9 Å². The number of H-pyrrole nitrogens is 1. The maximum Gasteiger partial charge on any atom is 0.203 e. The molecule has 1 N–H and O–H groups in total. The standard InChI is InChI=1S/C26H26N4O4S/c1-29(2)26-27-22-8-5-18(13-23(22)28-26)17-6-9-25-20(12-17)15-30(10-11-34-25)24-14-21(35(3,32)33)7-4-19(24)16-31/h4-9,12-14,16H,10-11,15H2,1-3H3,(H,27,28). The Balaban J connectivity index is 1.52. The molecular formula is C26H26N4O4S. The summed E-state index contributed by atoms with van der Waals surface area (Å²) in [6.45, 7) is 1.42. The largest absolute Gasteiger partial charge is 0.491 e. The van der Waals surface area contributed by atoms with E-state index >= 15 is 0 Å². The molecule has 9 heteroatoms. The van der Waals surface area contributed by atoms with Gasteiger partial charge in [-0.15, -0.1) is 0 Å². The molecule has 3 aromatic carbocycles. The molecule has 0 amide bonds. The van der Waals surface area contributed by atoms with Crippen LogP contribution in [0.1, 0.15) is 15.9 Å². The summed E-state index contributed by atoms with van der Waals surface area (Å²) < 4.78 is 30.2. The fourth-order valence-corrected chi connectivity index (χ4v) is 4.94. The van der Waals surface area contributed by atoms with Gasteiger partial charge in [0.25, 0.3) is 0 Å². The van der Waals surface area contributed by atoms with E-state index < -0.39 is 9.84 Å². The van der Waals surface area contributed by atoms with Gasteiger partial charge in [-0.3, -0.25) is 4.79 Å². The van der Waals surface area contributed by atoms with E-state index in [1.807, 2.05) is 48.2 Å². The lowest BCUT2D eigenvalue weighted by molar-refractivity contribution is 0.112. The average molecular weight is 491 g/mol. The quantitative estimate of drug-likeness (QED) is 0.424. The molecule has 180 valence electrons. The van der Waals surface area contributed by atoms with Gasteiger partial charge in [-0.25, -0.2) is 13.4 Å². The van der Waals surface area contributed by atoms with Gasteiger partial charge in [0.15, 0.2) is 16.1 Å². The summed E-state index contributed by atoms with van der Waals surface area (Å²) in [6.07, 6.45) is 1.92. The lowest BCUT2D eigenvalue weighted by atomic mass is 10.0. The third kappa shape index (κ3) is 4.46. The Kier molecular flexibility index (Phi) is 5.72. The van der Waals surface area contributed by atoms with Gasteiger partial charge in [0.1, 0.15) is 12.4 Å². The molecule has 0 atom stereocenters. The molecule has 1 aliphatic heterocycles. The molecule has 8 nitrogen and oxygen atoms in total. The number of hydrogen-bond donors (Lipinski definition) is 1. The van der Waals surface area contributed by atoms with Gasteiger partial charge in [-0.1, -0.05) is 12.1 Å². The number of imidazole rings is 1. The highest BCUT2D eigenvalue weighted by Gasteiger charge is 2.21. The maximum absolute atomic E-state index is 12.1. The van der Waals surface area contributed by atoms with Crippen LogP contribution in [0.2, 0.25) is 0 Å². The number of nitrogens with zero attached hydrogens (tertiary/aromatic N) is 3. The van der Waals surface area contributed by atoms with Crippen LogP contribution in [-0.2, 0) is 16.4 Å². The molecule has 35 heavy (non-hydrogen) atoms. The van der Waals surface area contributed by atoms with E-state index in [1.54, 1.807) is 12.1 Å². The normalized spacial score (nSPS) is 13.7. The third-order valence-electron chi connectivity index (χ3n) is 6.16. The highest BCUT2D eigenvalue weighted by atomic mass is 32.2. The Morgan fingerprint density at radius 3 is 2.57 bits per heavy atom. The van der Waals surface area contributed by atoms with Crippen LogP contribution in [0.25, 0.3) is 22.2 Å². The van der Waals surface area contributed by atoms with Crippen molar-refractivity contribution in [1.82, 2.24) is 9.97 Å². The van der Waals surface area contributed by atoms with Crippen molar-refractivity contribution in [2.75, 3.05) is 43.3 Å². The van der Waals surface area contributed by atoms with Crippen LogP contribution in [0.3, 0.4) is 0 Å². The second kappa shape index (κ2) is 8.74. The van der Waals surface area contributed by atoms with E-state index in [1.165, 1.54) is 6.07 Å². The Bertz CT molecular complexity index is 1540. The van der Waals surface area contributed by atoms with Crippen molar-refractivity contribution < 1.29 is 17.9 Å². The summed E-state index contributed by atoms with van der Waals surface area (Å²) in [4.78, 5) is 23.8. The highest BCUT2D eigenvalue weighted by molar-refractivity contribution is 7.90. The van der Waals surface area contributed by atoms with E-state index in [2.05, 4.69) is 22.1 Å². The molecule has 0 unspecified atom stereocenters. The van der Waals surface area contributed by atoms with Crippen LogP contribution in [0.15, 0.2) is 59.5 Å². The zero-order valence-electron chi connectivity index (χ0n) is 19.8. The van der Waals surface area contributed by atoms with Gasteiger partial charge >= 0.3 is 0 Å². The first-order valence-corrected chi connectivity index (χ1v) is 13.1. The van der Waals surface area contributed by atoms with E-state index in [0.717, 1.165) is 52.0 Å². The molecule has 0 bridgehead atoms. The third-order valence-corrected chi connectivity index (χ3v) is 7.27. The SMILES string of the molecule is CN(C)c1nc2ccc(-c3ccc4c(c3)CN(c3cc(S(C)(=O)=O)ccc3C=O)CCO4)cc2[nH]1. The number of ether oxygens (including phenoxy) is 1. The van der Waals surface area contributed by atoms with Gasteiger partial charge in [0.2, 0.25) is 5.95 Å². The molecule has 0 radical (unpaired) electrons. The van der Waals surface area contributed by atoms with Gasteiger partial charge in [-0.05, 0) is 53.6 Å². The molecule has 2 heterocycles. The number of anilines is 2. The number of benzene rings is 3. The van der Waals surface area contributed by atoms with Crippen LogP contribution >= 0.6 is 0 Å². The number of carbonyl (C=O) groups is 1. The topological polar surface area (TPSA) is 95.6 Å². The monoisotopic (exact) mass is 490 g/mol. The number of hydrogen-bond acceptors (Lipinski definition) is 7. The van der Waals surface area contributed by atoms with Crippen LogP contribution < -0.4 is 14.5 Å². The molecule has 0 saturated carbocycles. The number of nitrogens with one attached hydrogen (secondary N) is 1. The van der Waals surface area contributed by atoms with Crippen molar-refractivity contribution >= 4 is 38.8 Å². The maximum atomic E-state index is 12.1. The van der Waals surface area contributed by atoms with E-state index in [4.69, 9.17) is 4.74 Å². The number of aromatic nitrogens is 2. The summed E-state index contributed by atoms with van der Waals surface area (Å²) >= 11 is 0. The van der Waals surface area contributed by atoms with Gasteiger partial charge in [0.05, 0.1) is 22.5 Å². The lowest BCUT2D eigenvalue weighted by Gasteiger charge is -2.24. The zero-order valence-corrected chi connectivity index (χ0v) is 20.6. The predicted octanol–water partition coefficient (Wildman–Crippen LogP) is 3.91. The lowest BCUT2D eigenvalue weighted by Crippen LogP contribution is -2.26. The van der Waals surface area contributed by atoms with Crippen molar-refractivity contribution in [3.05, 3.63) is 65.7 Å². The number of fused-ring (bicyclic) bond motifs is 2. The molecule has 4 aromatic rings. The first kappa shape index (κ1) is 22.9. The first-order chi connectivity index (χ1) is 16.7. The second-order valence-corrected chi connectivity index (χ2v) is 10.9. The molecular weight excluding hydrogens is 464 g/mol. The predicted molar refractivity (Wildman–Crippen MR) is 137 cm³/mol. The van der Waals surface area contributed by atoms with E-state index in [0.29, 0.717) is 30.9 Å². The molecule has 0 saturated heterocycles. The van der Waals surface area contributed by atoms with E-state index in [-0.39, 0.29) is 4.90 Å². The van der Waals surface area contributed by atoms with Crippen molar-refractivity contribution in [2.24, 2.45) is 0 Å². The van der Waals surface area contributed by atoms with E-state index in [9.17, 15) is 13.2 Å². The molecule has 0 aliphatic carbocycles. The minimum Gasteiger partial charge on any atom is -0.491 e. The zero-order chi connectivity index (χ0) is 24.7. The number of sulfone groups is 1. The smallest absolute Gasteiger partial charge is 0.203 e. The number of aromatic amines is 1. The van der Waals surface area contributed by atoms with Crippen LogP contribution in [-0.4, -0.2) is 58.2 Å². The molecule has 0 fully saturated rings. The fraction of sp³-hybridized carbons (Fsp3) is 0.231. The fourth-order valence-electron chi connectivity index (χ4n) is 4.29. The molecule has 1 aliphatic rings. The van der Waals surface area contributed by atoms with Gasteiger partial charge in [0, 0.05) is 43.7 Å². The Morgan fingerprint density at radius 1 is 1.06 bits per heavy atom. The van der Waals surface area contributed by atoms with Crippen molar-refractivity contribution in [3.63, 3.8) is 0 Å². The number of aldehydes is 1. The Morgan fingerprint density at radius 2 is 1.83 bits per heavy atom. The van der Waals surface area contributed by atoms with Crippen LogP contribution in [0.5, 0.6) is 5.75 Å². The van der Waals surface area contributed by atoms with Crippen LogP contribution in [0, 0.1) is 0 Å². The van der Waals surface area contributed by atoms with Crippen molar-refractivity contribution in [2.45, 2.75) is 11.4 Å². The average Bonchev–Trinajstić information content (AvgIpc) is 3.15. The second-order valence-electron chi connectivity index (χ2n) is 8.89. The first-order valence-electron chi connectivity index (χ1n) is 11.2. The summed E-state index contributed by atoms with van der Waals surface area (Å²) in [5, 5.41) is 0. The minimum atomic E-state index is -3.41. The number of carbonyl (C=O) groups excluding carboxylic acids is 1. The Labute approximate surface area is 204 Å². The summed E-state index contributed by atoms with van der Waals surface area (Å²) in [6, 6.07) is 16.8. The summed E-state index contributed by atoms with van der Waals surface area (Å²) in [5.41, 5.74) is 5.90. The van der Waals surface area contributed by atoms with Crippen molar-refractivity contribution in [1.29, 1.82) is 0 Å². The molecule has 1 aromatic heterocycles. The Hall–Kier alpha value is -3.85. The highest BCUT2D eigenvalue weighted by Crippen LogP contribution is 2.33. The van der Waals surface area contributed by atoms with Gasteiger partial charge in [-0.2, -0.15) is 0 Å². The van der Waals surface area contributed by atoms with Crippen LogP contribution in [0.4, 0.5) is 11.6 Å².